The maximum absolute atomic E-state index is 13.5. The minimum absolute atomic E-state index is 0.142. The second-order valence-corrected chi connectivity index (χ2v) is 5.12. The van der Waals surface area contributed by atoms with Crippen LogP contribution in [0, 0.1) is 5.82 Å². The number of nitrogens with one attached hydrogen (secondary N) is 1. The van der Waals surface area contributed by atoms with Crippen molar-refractivity contribution in [3.63, 3.8) is 0 Å². The Hall–Kier alpha value is -0.940. The number of carbonyl (C=O) groups is 1. The van der Waals surface area contributed by atoms with E-state index in [2.05, 4.69) is 21.2 Å². The fourth-order valence-corrected chi connectivity index (χ4v) is 1.85. The molecule has 5 heteroatoms. The Labute approximate surface area is 115 Å². The Morgan fingerprint density at radius 3 is 2.78 bits per heavy atom. The summed E-state index contributed by atoms with van der Waals surface area (Å²) in [6, 6.07) is 4.62. The predicted molar refractivity (Wildman–Crippen MR) is 71.7 cm³/mol. The molecule has 0 radical (unpaired) electrons. The zero-order chi connectivity index (χ0) is 13.8. The van der Waals surface area contributed by atoms with Gasteiger partial charge in [-0.15, -0.1) is 0 Å². The zero-order valence-electron chi connectivity index (χ0n) is 10.7. The lowest BCUT2D eigenvalue weighted by Crippen LogP contribution is -2.45. The molecule has 1 N–H and O–H groups in total. The van der Waals surface area contributed by atoms with Crippen molar-refractivity contribution in [3.05, 3.63) is 34.1 Å². The minimum atomic E-state index is -0.873. The fraction of sp³-hybridized carbons (Fsp3) is 0.462. The monoisotopic (exact) mass is 317 g/mol. The number of hydrogen-bond donors (Lipinski definition) is 1. The number of rotatable bonds is 5. The van der Waals surface area contributed by atoms with Gasteiger partial charge in [0.15, 0.2) is 0 Å². The van der Waals surface area contributed by atoms with Gasteiger partial charge in [-0.3, -0.25) is 4.79 Å². The number of hydrogen-bond acceptors (Lipinski definition) is 2. The lowest BCUT2D eigenvalue weighted by atomic mass is 10.0. The number of ether oxygens (including phenoxy) is 1. The molecule has 0 aliphatic heterocycles. The normalized spacial score (nSPS) is 14.1. The molecule has 1 aromatic carbocycles. The topological polar surface area (TPSA) is 38.3 Å². The van der Waals surface area contributed by atoms with Crippen LogP contribution >= 0.6 is 15.9 Å². The van der Waals surface area contributed by atoms with E-state index in [1.807, 2.05) is 6.92 Å². The Bertz CT molecular complexity index is 433. The largest absolute Gasteiger partial charge is 0.369 e. The van der Waals surface area contributed by atoms with E-state index in [1.54, 1.807) is 19.1 Å². The zero-order valence-corrected chi connectivity index (χ0v) is 12.3. The second-order valence-electron chi connectivity index (χ2n) is 4.21. The van der Waals surface area contributed by atoms with Crippen LogP contribution < -0.4 is 5.32 Å². The van der Waals surface area contributed by atoms with Crippen molar-refractivity contribution >= 4 is 21.8 Å². The first-order chi connectivity index (χ1) is 8.42. The quantitative estimate of drug-likeness (QED) is 0.906. The van der Waals surface area contributed by atoms with E-state index >= 15 is 0 Å². The summed E-state index contributed by atoms with van der Waals surface area (Å²) < 4.78 is 19.4. The van der Waals surface area contributed by atoms with Crippen LogP contribution in [-0.4, -0.2) is 18.6 Å². The van der Waals surface area contributed by atoms with Crippen LogP contribution in [0.15, 0.2) is 22.7 Å². The van der Waals surface area contributed by atoms with E-state index in [1.165, 1.54) is 13.2 Å². The van der Waals surface area contributed by atoms with Crippen molar-refractivity contribution in [2.75, 3.05) is 7.11 Å². The smallest absolute Gasteiger partial charge is 0.252 e. The van der Waals surface area contributed by atoms with Crippen LogP contribution in [0.3, 0.4) is 0 Å². The Morgan fingerprint density at radius 1 is 1.56 bits per heavy atom. The van der Waals surface area contributed by atoms with Crippen molar-refractivity contribution in [2.24, 2.45) is 0 Å². The van der Waals surface area contributed by atoms with Crippen molar-refractivity contribution in [3.8, 4) is 0 Å². The summed E-state index contributed by atoms with van der Waals surface area (Å²) in [6.45, 7) is 3.71. The SMILES string of the molecule is CCC(C)(OC)C(=O)NCc1cc(Br)ccc1F. The number of halogens is 2. The van der Waals surface area contributed by atoms with Crippen LogP contribution in [0.1, 0.15) is 25.8 Å². The maximum Gasteiger partial charge on any atom is 0.252 e. The van der Waals surface area contributed by atoms with Gasteiger partial charge in [-0.25, -0.2) is 4.39 Å². The van der Waals surface area contributed by atoms with Gasteiger partial charge < -0.3 is 10.1 Å². The summed E-state index contributed by atoms with van der Waals surface area (Å²) in [5.41, 5.74) is -0.435. The molecule has 1 aromatic rings. The summed E-state index contributed by atoms with van der Waals surface area (Å²) >= 11 is 3.27. The summed E-state index contributed by atoms with van der Waals surface area (Å²) in [6.07, 6.45) is 0.552. The lowest BCUT2D eigenvalue weighted by Gasteiger charge is -2.25. The van der Waals surface area contributed by atoms with E-state index in [0.717, 1.165) is 4.47 Å². The van der Waals surface area contributed by atoms with Gasteiger partial charge in [0.25, 0.3) is 5.91 Å². The van der Waals surface area contributed by atoms with E-state index in [9.17, 15) is 9.18 Å². The average Bonchev–Trinajstić information content (AvgIpc) is 2.38. The summed E-state index contributed by atoms with van der Waals surface area (Å²) in [5, 5.41) is 2.68. The molecule has 0 aliphatic rings. The van der Waals surface area contributed by atoms with Crippen molar-refractivity contribution in [1.82, 2.24) is 5.32 Å². The molecule has 0 aliphatic carbocycles. The molecule has 1 atom stereocenters. The Balaban J connectivity index is 2.71. The molecule has 0 spiro atoms. The first kappa shape index (κ1) is 15.1. The van der Waals surface area contributed by atoms with Crippen LogP contribution in [0.25, 0.3) is 0 Å². The minimum Gasteiger partial charge on any atom is -0.369 e. The molecule has 100 valence electrons. The third-order valence-electron chi connectivity index (χ3n) is 3.05. The summed E-state index contributed by atoms with van der Waals surface area (Å²) in [4.78, 5) is 11.9. The highest BCUT2D eigenvalue weighted by atomic mass is 79.9. The van der Waals surface area contributed by atoms with Crippen LogP contribution in [0.5, 0.6) is 0 Å². The third kappa shape index (κ3) is 3.53. The molecular formula is C13H17BrFNO2. The molecule has 0 saturated carbocycles. The van der Waals surface area contributed by atoms with Gasteiger partial charge in [-0.1, -0.05) is 22.9 Å². The van der Waals surface area contributed by atoms with Crippen molar-refractivity contribution in [2.45, 2.75) is 32.4 Å². The van der Waals surface area contributed by atoms with E-state index in [4.69, 9.17) is 4.74 Å². The van der Waals surface area contributed by atoms with E-state index < -0.39 is 5.60 Å². The molecule has 0 bridgehead atoms. The number of benzene rings is 1. The first-order valence-corrected chi connectivity index (χ1v) is 6.49. The van der Waals surface area contributed by atoms with Gasteiger partial charge in [0.2, 0.25) is 0 Å². The van der Waals surface area contributed by atoms with Gasteiger partial charge in [0.1, 0.15) is 11.4 Å². The van der Waals surface area contributed by atoms with Gasteiger partial charge in [-0.05, 0) is 31.5 Å². The highest BCUT2D eigenvalue weighted by molar-refractivity contribution is 9.10. The van der Waals surface area contributed by atoms with Gasteiger partial charge in [-0.2, -0.15) is 0 Å². The fourth-order valence-electron chi connectivity index (χ4n) is 1.44. The van der Waals surface area contributed by atoms with Gasteiger partial charge in [0.05, 0.1) is 0 Å². The molecule has 0 fully saturated rings. The van der Waals surface area contributed by atoms with Crippen molar-refractivity contribution in [1.29, 1.82) is 0 Å². The molecular weight excluding hydrogens is 301 g/mol. The van der Waals surface area contributed by atoms with Gasteiger partial charge >= 0.3 is 0 Å². The summed E-state index contributed by atoms with van der Waals surface area (Å²) in [5.74, 6) is -0.582. The Morgan fingerprint density at radius 2 is 2.22 bits per heavy atom. The molecule has 0 heterocycles. The van der Waals surface area contributed by atoms with Crippen molar-refractivity contribution < 1.29 is 13.9 Å². The highest BCUT2D eigenvalue weighted by Crippen LogP contribution is 2.17. The number of amides is 1. The standard InChI is InChI=1S/C13H17BrFNO2/c1-4-13(2,18-3)12(17)16-8-9-7-10(14)5-6-11(9)15/h5-7H,4,8H2,1-3H3,(H,16,17). The summed E-state index contributed by atoms with van der Waals surface area (Å²) in [7, 11) is 1.49. The predicted octanol–water partition coefficient (Wildman–Crippen LogP) is 3.02. The Kier molecular flexibility index (Phi) is 5.28. The molecule has 18 heavy (non-hydrogen) atoms. The van der Waals surface area contributed by atoms with Crippen LogP contribution in [-0.2, 0) is 16.1 Å². The highest BCUT2D eigenvalue weighted by Gasteiger charge is 2.30. The maximum atomic E-state index is 13.5. The average molecular weight is 318 g/mol. The molecule has 3 nitrogen and oxygen atoms in total. The lowest BCUT2D eigenvalue weighted by molar-refractivity contribution is -0.142. The van der Waals surface area contributed by atoms with Crippen LogP contribution in [0.4, 0.5) is 4.39 Å². The molecule has 1 amide bonds. The molecule has 1 rings (SSSR count). The second kappa shape index (κ2) is 6.29. The third-order valence-corrected chi connectivity index (χ3v) is 3.55. The molecule has 1 unspecified atom stereocenters. The number of methoxy groups -OCH3 is 1. The molecule has 0 aromatic heterocycles. The van der Waals surface area contributed by atoms with E-state index in [0.29, 0.717) is 12.0 Å². The first-order valence-electron chi connectivity index (χ1n) is 5.70. The van der Waals surface area contributed by atoms with E-state index in [-0.39, 0.29) is 18.3 Å². The number of carbonyl (C=O) groups excluding carboxylic acids is 1. The van der Waals surface area contributed by atoms with Crippen LogP contribution in [0.2, 0.25) is 0 Å². The van der Waals surface area contributed by atoms with Gasteiger partial charge in [0, 0.05) is 23.7 Å². The molecule has 0 saturated heterocycles.